The van der Waals surface area contributed by atoms with Crippen LogP contribution < -0.4 is 5.32 Å². The molecule has 0 aliphatic carbocycles. The highest BCUT2D eigenvalue weighted by molar-refractivity contribution is 5.04. The van der Waals surface area contributed by atoms with Crippen molar-refractivity contribution in [2.45, 2.75) is 65.5 Å². The predicted molar refractivity (Wildman–Crippen MR) is 73.9 cm³/mol. The quantitative estimate of drug-likeness (QED) is 0.672. The van der Waals surface area contributed by atoms with E-state index < -0.39 is 0 Å². The van der Waals surface area contributed by atoms with Crippen molar-refractivity contribution in [3.63, 3.8) is 0 Å². The molecule has 0 bridgehead atoms. The molecule has 3 heteroatoms. The van der Waals surface area contributed by atoms with Crippen LogP contribution in [0.5, 0.6) is 0 Å². The zero-order valence-electron chi connectivity index (χ0n) is 12.2. The van der Waals surface area contributed by atoms with E-state index in [0.29, 0.717) is 6.04 Å². The zero-order chi connectivity index (χ0) is 13.3. The van der Waals surface area contributed by atoms with Crippen LogP contribution in [0.15, 0.2) is 0 Å². The molecule has 0 aromatic heterocycles. The van der Waals surface area contributed by atoms with E-state index in [2.05, 4.69) is 44.0 Å². The molecule has 0 saturated heterocycles. The van der Waals surface area contributed by atoms with Crippen molar-refractivity contribution in [1.82, 2.24) is 10.2 Å². The van der Waals surface area contributed by atoms with E-state index in [1.807, 2.05) is 6.92 Å². The number of hydrogen-bond donors (Lipinski definition) is 1. The zero-order valence-corrected chi connectivity index (χ0v) is 12.2. The molecule has 0 fully saturated rings. The van der Waals surface area contributed by atoms with Crippen LogP contribution in [0.25, 0.3) is 0 Å². The summed E-state index contributed by atoms with van der Waals surface area (Å²) in [6.45, 7) is 14.0. The fourth-order valence-electron chi connectivity index (χ4n) is 2.20. The van der Waals surface area contributed by atoms with Crippen LogP contribution in [0.1, 0.15) is 53.9 Å². The Labute approximate surface area is 107 Å². The van der Waals surface area contributed by atoms with Crippen LogP contribution in [-0.4, -0.2) is 36.1 Å². The van der Waals surface area contributed by atoms with Crippen LogP contribution in [0, 0.1) is 11.3 Å². The largest absolute Gasteiger partial charge is 0.304 e. The Kier molecular flexibility index (Phi) is 8.20. The minimum Gasteiger partial charge on any atom is -0.304 e. The lowest BCUT2D eigenvalue weighted by Gasteiger charge is -2.27. The standard InChI is InChI=1S/C14H29N3/c1-6-10-17(7-2)11-8-9-14(5,12-15)16-13(3)4/h13,16H,6-11H2,1-5H3. The van der Waals surface area contributed by atoms with Gasteiger partial charge in [0.1, 0.15) is 5.54 Å². The maximum atomic E-state index is 9.23. The Morgan fingerprint density at radius 1 is 1.29 bits per heavy atom. The van der Waals surface area contributed by atoms with E-state index in [0.717, 1.165) is 32.5 Å². The first-order chi connectivity index (χ1) is 7.97. The molecule has 1 N–H and O–H groups in total. The molecule has 100 valence electrons. The first-order valence-corrected chi connectivity index (χ1v) is 6.88. The van der Waals surface area contributed by atoms with Crippen molar-refractivity contribution >= 4 is 0 Å². The lowest BCUT2D eigenvalue weighted by Crippen LogP contribution is -2.45. The monoisotopic (exact) mass is 239 g/mol. The third-order valence-corrected chi connectivity index (χ3v) is 2.99. The smallest absolute Gasteiger partial charge is 0.104 e. The topological polar surface area (TPSA) is 39.1 Å². The second-order valence-corrected chi connectivity index (χ2v) is 5.28. The number of rotatable bonds is 9. The van der Waals surface area contributed by atoms with Gasteiger partial charge in [0, 0.05) is 6.04 Å². The van der Waals surface area contributed by atoms with Crippen LogP contribution in [0.2, 0.25) is 0 Å². The number of nitrogens with one attached hydrogen (secondary N) is 1. The first kappa shape index (κ1) is 16.4. The van der Waals surface area contributed by atoms with Gasteiger partial charge >= 0.3 is 0 Å². The highest BCUT2D eigenvalue weighted by Gasteiger charge is 2.23. The van der Waals surface area contributed by atoms with E-state index in [9.17, 15) is 5.26 Å². The molecule has 0 aromatic carbocycles. The SMILES string of the molecule is CCCN(CC)CCCC(C)(C#N)NC(C)C. The van der Waals surface area contributed by atoms with Gasteiger partial charge in [-0.3, -0.25) is 5.32 Å². The van der Waals surface area contributed by atoms with Crippen LogP contribution in [0.3, 0.4) is 0 Å². The first-order valence-electron chi connectivity index (χ1n) is 6.88. The molecular weight excluding hydrogens is 210 g/mol. The molecule has 1 atom stereocenters. The lowest BCUT2D eigenvalue weighted by atomic mass is 9.96. The van der Waals surface area contributed by atoms with Gasteiger partial charge in [0.15, 0.2) is 0 Å². The van der Waals surface area contributed by atoms with E-state index in [1.165, 1.54) is 6.42 Å². The summed E-state index contributed by atoms with van der Waals surface area (Å²) in [7, 11) is 0. The fraction of sp³-hybridized carbons (Fsp3) is 0.929. The normalized spacial score (nSPS) is 14.9. The summed E-state index contributed by atoms with van der Waals surface area (Å²) in [4.78, 5) is 2.45. The Morgan fingerprint density at radius 2 is 1.94 bits per heavy atom. The van der Waals surface area contributed by atoms with Crippen LogP contribution >= 0.6 is 0 Å². The molecule has 0 amide bonds. The van der Waals surface area contributed by atoms with Gasteiger partial charge in [0.05, 0.1) is 6.07 Å². The average molecular weight is 239 g/mol. The van der Waals surface area contributed by atoms with Crippen molar-refractivity contribution in [2.24, 2.45) is 0 Å². The molecule has 0 aliphatic rings. The highest BCUT2D eigenvalue weighted by Crippen LogP contribution is 2.13. The Morgan fingerprint density at radius 3 is 2.35 bits per heavy atom. The number of nitriles is 1. The van der Waals surface area contributed by atoms with Crippen molar-refractivity contribution < 1.29 is 0 Å². The van der Waals surface area contributed by atoms with Gasteiger partial charge in [-0.2, -0.15) is 5.26 Å². The van der Waals surface area contributed by atoms with Crippen LogP contribution in [0.4, 0.5) is 0 Å². The highest BCUT2D eigenvalue weighted by atomic mass is 15.1. The summed E-state index contributed by atoms with van der Waals surface area (Å²) < 4.78 is 0. The Balaban J connectivity index is 4.02. The minimum absolute atomic E-state index is 0.359. The summed E-state index contributed by atoms with van der Waals surface area (Å²) in [6.07, 6.45) is 3.20. The maximum absolute atomic E-state index is 9.23. The van der Waals surface area contributed by atoms with Gasteiger partial charge in [-0.05, 0) is 59.7 Å². The summed E-state index contributed by atoms with van der Waals surface area (Å²) in [5.74, 6) is 0. The van der Waals surface area contributed by atoms with Crippen molar-refractivity contribution in [3.8, 4) is 6.07 Å². The summed E-state index contributed by atoms with van der Waals surface area (Å²) in [5, 5.41) is 12.6. The van der Waals surface area contributed by atoms with Crippen molar-refractivity contribution in [3.05, 3.63) is 0 Å². The third-order valence-electron chi connectivity index (χ3n) is 2.99. The van der Waals surface area contributed by atoms with Gasteiger partial charge in [-0.15, -0.1) is 0 Å². The molecular formula is C14H29N3. The van der Waals surface area contributed by atoms with E-state index in [4.69, 9.17) is 0 Å². The second-order valence-electron chi connectivity index (χ2n) is 5.28. The van der Waals surface area contributed by atoms with E-state index in [-0.39, 0.29) is 5.54 Å². The molecule has 0 spiro atoms. The van der Waals surface area contributed by atoms with Crippen molar-refractivity contribution in [1.29, 1.82) is 5.26 Å². The molecule has 0 rings (SSSR count). The summed E-state index contributed by atoms with van der Waals surface area (Å²) >= 11 is 0. The summed E-state index contributed by atoms with van der Waals surface area (Å²) in [5.41, 5.74) is -0.375. The maximum Gasteiger partial charge on any atom is 0.104 e. The lowest BCUT2D eigenvalue weighted by molar-refractivity contribution is 0.266. The Hall–Kier alpha value is -0.590. The van der Waals surface area contributed by atoms with E-state index in [1.54, 1.807) is 0 Å². The van der Waals surface area contributed by atoms with Gasteiger partial charge in [-0.1, -0.05) is 13.8 Å². The molecule has 3 nitrogen and oxygen atoms in total. The van der Waals surface area contributed by atoms with Gasteiger partial charge in [0.25, 0.3) is 0 Å². The second kappa shape index (κ2) is 8.49. The minimum atomic E-state index is -0.375. The van der Waals surface area contributed by atoms with E-state index >= 15 is 0 Å². The molecule has 0 aromatic rings. The number of hydrogen-bond acceptors (Lipinski definition) is 3. The van der Waals surface area contributed by atoms with Gasteiger partial charge in [0.2, 0.25) is 0 Å². The molecule has 0 heterocycles. The summed E-state index contributed by atoms with van der Waals surface area (Å²) in [6, 6.07) is 2.76. The molecule has 1 unspecified atom stereocenters. The van der Waals surface area contributed by atoms with Gasteiger partial charge in [-0.25, -0.2) is 0 Å². The van der Waals surface area contributed by atoms with Crippen LogP contribution in [-0.2, 0) is 0 Å². The molecule has 0 aliphatic heterocycles. The van der Waals surface area contributed by atoms with Gasteiger partial charge < -0.3 is 4.90 Å². The average Bonchev–Trinajstić information content (AvgIpc) is 2.27. The fourth-order valence-corrected chi connectivity index (χ4v) is 2.20. The molecule has 0 saturated carbocycles. The molecule has 17 heavy (non-hydrogen) atoms. The van der Waals surface area contributed by atoms with Crippen molar-refractivity contribution in [2.75, 3.05) is 19.6 Å². The predicted octanol–water partition coefficient (Wildman–Crippen LogP) is 2.78. The molecule has 0 radical (unpaired) electrons. The number of nitrogens with zero attached hydrogens (tertiary/aromatic N) is 2. The Bertz CT molecular complexity index is 232. The third kappa shape index (κ3) is 7.36.